The average Bonchev–Trinajstić information content (AvgIpc) is 2.79. The lowest BCUT2D eigenvalue weighted by Crippen LogP contribution is -2.26. The van der Waals surface area contributed by atoms with Crippen LogP contribution in [0.15, 0.2) is 42.5 Å². The van der Waals surface area contributed by atoms with Crippen LogP contribution in [0.1, 0.15) is 40.0 Å². The van der Waals surface area contributed by atoms with E-state index in [2.05, 4.69) is 4.74 Å². The topological polar surface area (TPSA) is 53.3 Å². The predicted molar refractivity (Wildman–Crippen MR) is 82.6 cm³/mol. The number of carbonyl (C=O) groups excluding carboxylic acids is 1. The molecule has 0 saturated heterocycles. The molecule has 1 amide bonds. The Morgan fingerprint density at radius 3 is 2.48 bits per heavy atom. The van der Waals surface area contributed by atoms with Crippen molar-refractivity contribution in [2.45, 2.75) is 25.9 Å². The van der Waals surface area contributed by atoms with Gasteiger partial charge in [0.2, 0.25) is 0 Å². The molecule has 1 unspecified atom stereocenters. The van der Waals surface area contributed by atoms with Crippen LogP contribution >= 0.6 is 0 Å². The highest BCUT2D eigenvalue weighted by atomic mass is 19.4. The largest absolute Gasteiger partial charge is 0.573 e. The first kappa shape index (κ1) is 16.8. The van der Waals surface area contributed by atoms with Gasteiger partial charge in [0.15, 0.2) is 0 Å². The van der Waals surface area contributed by atoms with E-state index in [4.69, 9.17) is 5.26 Å². The monoisotopic (exact) mass is 346 g/mol. The minimum absolute atomic E-state index is 0.164. The van der Waals surface area contributed by atoms with Gasteiger partial charge in [-0.15, -0.1) is 13.2 Å². The third-order valence-corrected chi connectivity index (χ3v) is 4.10. The number of ether oxygens (including phenoxy) is 1. The second kappa shape index (κ2) is 6.13. The van der Waals surface area contributed by atoms with E-state index in [-0.39, 0.29) is 24.2 Å². The van der Waals surface area contributed by atoms with E-state index in [0.29, 0.717) is 16.7 Å². The molecule has 1 heterocycles. The summed E-state index contributed by atoms with van der Waals surface area (Å²) in [6.07, 6.45) is -4.74. The molecule has 0 saturated carbocycles. The molecule has 2 aromatic rings. The molecule has 0 bridgehead atoms. The van der Waals surface area contributed by atoms with Gasteiger partial charge < -0.3 is 9.64 Å². The molecule has 0 radical (unpaired) electrons. The Hall–Kier alpha value is -3.01. The summed E-state index contributed by atoms with van der Waals surface area (Å²) in [6.45, 7) is 2.11. The molecule has 128 valence electrons. The molecule has 1 aliphatic rings. The summed E-state index contributed by atoms with van der Waals surface area (Å²) < 4.78 is 40.4. The quantitative estimate of drug-likeness (QED) is 0.838. The zero-order valence-corrected chi connectivity index (χ0v) is 13.2. The van der Waals surface area contributed by atoms with E-state index in [1.807, 2.05) is 13.0 Å². The van der Waals surface area contributed by atoms with Gasteiger partial charge in [0, 0.05) is 12.1 Å². The average molecular weight is 346 g/mol. The Labute approximate surface area is 142 Å². The SMILES string of the molecule is CC1c2cc(C#N)ccc2C(=O)N1Cc1ccc(OC(F)(F)F)cc1. The van der Waals surface area contributed by atoms with Crippen LogP contribution in [0, 0.1) is 11.3 Å². The van der Waals surface area contributed by atoms with Crippen LogP contribution in [0.25, 0.3) is 0 Å². The third kappa shape index (κ3) is 3.43. The van der Waals surface area contributed by atoms with Crippen LogP contribution in [0.3, 0.4) is 0 Å². The fraction of sp³-hybridized carbons (Fsp3) is 0.222. The predicted octanol–water partition coefficient (Wildman–Crippen LogP) is 4.17. The normalized spacial score (nSPS) is 16.5. The lowest BCUT2D eigenvalue weighted by Gasteiger charge is -2.22. The van der Waals surface area contributed by atoms with Gasteiger partial charge in [-0.3, -0.25) is 4.79 Å². The third-order valence-electron chi connectivity index (χ3n) is 4.10. The number of rotatable bonds is 3. The van der Waals surface area contributed by atoms with Gasteiger partial charge in [-0.2, -0.15) is 5.26 Å². The Kier molecular flexibility index (Phi) is 4.13. The summed E-state index contributed by atoms with van der Waals surface area (Å²) in [7, 11) is 0. The molecular weight excluding hydrogens is 333 g/mol. The lowest BCUT2D eigenvalue weighted by atomic mass is 10.0. The number of hydrogen-bond acceptors (Lipinski definition) is 3. The number of alkyl halides is 3. The summed E-state index contributed by atoms with van der Waals surface area (Å²) in [5.74, 6) is -0.471. The number of carbonyl (C=O) groups is 1. The van der Waals surface area contributed by atoms with E-state index in [9.17, 15) is 18.0 Å². The molecule has 1 aliphatic heterocycles. The molecular formula is C18H13F3N2O2. The minimum atomic E-state index is -4.74. The summed E-state index contributed by atoms with van der Waals surface area (Å²) in [6, 6.07) is 12.2. The van der Waals surface area contributed by atoms with Crippen molar-refractivity contribution in [2.75, 3.05) is 0 Å². The Morgan fingerprint density at radius 2 is 1.88 bits per heavy atom. The number of nitrogens with zero attached hydrogens (tertiary/aromatic N) is 2. The smallest absolute Gasteiger partial charge is 0.406 e. The molecule has 0 N–H and O–H groups in total. The van der Waals surface area contributed by atoms with Crippen molar-refractivity contribution in [3.05, 3.63) is 64.7 Å². The van der Waals surface area contributed by atoms with Crippen LogP contribution in [0.2, 0.25) is 0 Å². The second-order valence-corrected chi connectivity index (χ2v) is 5.71. The summed E-state index contributed by atoms with van der Waals surface area (Å²) in [4.78, 5) is 14.2. The van der Waals surface area contributed by atoms with Gasteiger partial charge in [0.05, 0.1) is 17.7 Å². The maximum atomic E-state index is 12.5. The first-order valence-corrected chi connectivity index (χ1v) is 7.48. The standard InChI is InChI=1S/C18H13F3N2O2/c1-11-16-8-13(9-22)4-7-15(16)17(24)23(11)10-12-2-5-14(6-3-12)25-18(19,20)21/h2-8,11H,10H2,1H3. The summed E-state index contributed by atoms with van der Waals surface area (Å²) in [5.41, 5.74) is 2.49. The van der Waals surface area contributed by atoms with Gasteiger partial charge in [0.25, 0.3) is 5.91 Å². The molecule has 1 atom stereocenters. The Bertz CT molecular complexity index is 854. The van der Waals surface area contributed by atoms with Crippen molar-refractivity contribution in [1.82, 2.24) is 4.90 Å². The zero-order valence-electron chi connectivity index (χ0n) is 13.2. The highest BCUT2D eigenvalue weighted by Gasteiger charge is 2.34. The van der Waals surface area contributed by atoms with Crippen LogP contribution in [0.5, 0.6) is 5.75 Å². The molecule has 0 aliphatic carbocycles. The fourth-order valence-corrected chi connectivity index (χ4v) is 2.87. The first-order chi connectivity index (χ1) is 11.8. The Morgan fingerprint density at radius 1 is 1.20 bits per heavy atom. The molecule has 25 heavy (non-hydrogen) atoms. The summed E-state index contributed by atoms with van der Waals surface area (Å²) in [5, 5.41) is 8.99. The molecule has 4 nitrogen and oxygen atoms in total. The van der Waals surface area contributed by atoms with Crippen LogP contribution in [-0.2, 0) is 6.54 Å². The first-order valence-electron chi connectivity index (χ1n) is 7.48. The fourth-order valence-electron chi connectivity index (χ4n) is 2.87. The van der Waals surface area contributed by atoms with E-state index < -0.39 is 6.36 Å². The number of halogens is 3. The number of nitriles is 1. The van der Waals surface area contributed by atoms with Crippen molar-refractivity contribution in [3.63, 3.8) is 0 Å². The van der Waals surface area contributed by atoms with Gasteiger partial charge in [-0.05, 0) is 48.4 Å². The van der Waals surface area contributed by atoms with Crippen molar-refractivity contribution >= 4 is 5.91 Å². The number of hydrogen-bond donors (Lipinski definition) is 0. The van der Waals surface area contributed by atoms with Crippen molar-refractivity contribution < 1.29 is 22.7 Å². The molecule has 2 aromatic carbocycles. The van der Waals surface area contributed by atoms with E-state index >= 15 is 0 Å². The highest BCUT2D eigenvalue weighted by molar-refractivity contribution is 5.99. The van der Waals surface area contributed by atoms with Gasteiger partial charge in [0.1, 0.15) is 5.75 Å². The van der Waals surface area contributed by atoms with Gasteiger partial charge >= 0.3 is 6.36 Å². The lowest BCUT2D eigenvalue weighted by molar-refractivity contribution is -0.274. The van der Waals surface area contributed by atoms with E-state index in [0.717, 1.165) is 5.56 Å². The number of amides is 1. The maximum absolute atomic E-state index is 12.5. The van der Waals surface area contributed by atoms with Gasteiger partial charge in [-0.25, -0.2) is 0 Å². The minimum Gasteiger partial charge on any atom is -0.406 e. The highest BCUT2D eigenvalue weighted by Crippen LogP contribution is 2.35. The van der Waals surface area contributed by atoms with Crippen molar-refractivity contribution in [1.29, 1.82) is 5.26 Å². The molecule has 7 heteroatoms. The van der Waals surface area contributed by atoms with Crippen molar-refractivity contribution in [3.8, 4) is 11.8 Å². The van der Waals surface area contributed by atoms with Crippen LogP contribution < -0.4 is 4.74 Å². The molecule has 3 rings (SSSR count). The van der Waals surface area contributed by atoms with Crippen LogP contribution in [0.4, 0.5) is 13.2 Å². The summed E-state index contributed by atoms with van der Waals surface area (Å²) >= 11 is 0. The molecule has 0 aromatic heterocycles. The van der Waals surface area contributed by atoms with Crippen LogP contribution in [-0.4, -0.2) is 17.2 Å². The van der Waals surface area contributed by atoms with E-state index in [1.165, 1.54) is 24.3 Å². The second-order valence-electron chi connectivity index (χ2n) is 5.71. The zero-order chi connectivity index (χ0) is 18.2. The molecule has 0 fully saturated rings. The maximum Gasteiger partial charge on any atom is 0.573 e. The Balaban J connectivity index is 1.78. The number of fused-ring (bicyclic) bond motifs is 1. The molecule has 0 spiro atoms. The van der Waals surface area contributed by atoms with Gasteiger partial charge in [-0.1, -0.05) is 12.1 Å². The van der Waals surface area contributed by atoms with Crippen molar-refractivity contribution in [2.24, 2.45) is 0 Å². The van der Waals surface area contributed by atoms with E-state index in [1.54, 1.807) is 23.1 Å². The number of benzene rings is 2.